The van der Waals surface area contributed by atoms with E-state index in [1.807, 2.05) is 24.4 Å². The van der Waals surface area contributed by atoms with E-state index in [9.17, 15) is 8.78 Å². The minimum atomic E-state index is -2.88. The lowest BCUT2D eigenvalue weighted by molar-refractivity contribution is -0.0498. The molecule has 2 aromatic carbocycles. The van der Waals surface area contributed by atoms with Gasteiger partial charge in [-0.25, -0.2) is 4.68 Å². The van der Waals surface area contributed by atoms with Crippen molar-refractivity contribution < 1.29 is 27.7 Å². The third-order valence-corrected chi connectivity index (χ3v) is 5.51. The zero-order valence-corrected chi connectivity index (χ0v) is 19.6. The van der Waals surface area contributed by atoms with E-state index in [-0.39, 0.29) is 5.75 Å². The van der Waals surface area contributed by atoms with Crippen LogP contribution in [0.4, 0.5) is 8.78 Å². The molecule has 1 heterocycles. The number of hydrogen-bond donors (Lipinski definition) is 0. The molecule has 0 N–H and O–H groups in total. The van der Waals surface area contributed by atoms with Crippen LogP contribution in [-0.4, -0.2) is 51.5 Å². The average Bonchev–Trinajstić information content (AvgIpc) is 3.21. The van der Waals surface area contributed by atoms with Crippen LogP contribution in [-0.2, 0) is 4.74 Å². The molecule has 33 heavy (non-hydrogen) atoms. The highest BCUT2D eigenvalue weighted by atomic mass is 32.1. The largest absolute Gasteiger partial charge is 0.497 e. The Bertz CT molecular complexity index is 1160. The second-order valence-corrected chi connectivity index (χ2v) is 7.58. The Balaban J connectivity index is 2.07. The molecular weight excluding hydrogens is 452 g/mol. The monoisotopic (exact) mass is 477 g/mol. The van der Waals surface area contributed by atoms with Crippen molar-refractivity contribution in [3.05, 3.63) is 58.2 Å². The summed E-state index contributed by atoms with van der Waals surface area (Å²) in [4.78, 5) is 5.26. The molecule has 10 heteroatoms. The van der Waals surface area contributed by atoms with Gasteiger partial charge in [0.2, 0.25) is 4.80 Å². The van der Waals surface area contributed by atoms with Crippen molar-refractivity contribution in [2.24, 2.45) is 10.1 Å². The summed E-state index contributed by atoms with van der Waals surface area (Å²) in [6.45, 7) is -0.0584. The molecule has 0 amide bonds. The third kappa shape index (κ3) is 6.17. The van der Waals surface area contributed by atoms with E-state index in [0.717, 1.165) is 16.8 Å². The van der Waals surface area contributed by atoms with Gasteiger partial charge in [-0.1, -0.05) is 0 Å². The summed E-state index contributed by atoms with van der Waals surface area (Å²) in [5.41, 5.74) is 3.03. The standard InChI is InChI=1S/C23H25F2N3O4S/c1-15(19-10-9-18(30-3)13-21(19)31-4)27-28-20(14-33-23(28)26-11-12-29-2)16-5-7-17(8-6-16)32-22(24)25/h5-10,13-14,22H,11-12H2,1-4H3. The fourth-order valence-corrected chi connectivity index (χ4v) is 3.90. The smallest absolute Gasteiger partial charge is 0.387 e. The summed E-state index contributed by atoms with van der Waals surface area (Å²) in [5, 5.41) is 6.73. The lowest BCUT2D eigenvalue weighted by Crippen LogP contribution is -2.15. The van der Waals surface area contributed by atoms with Gasteiger partial charge in [0.05, 0.1) is 38.8 Å². The zero-order chi connectivity index (χ0) is 23.8. The predicted octanol–water partition coefficient (Wildman–Crippen LogP) is 4.65. The Morgan fingerprint density at radius 2 is 1.76 bits per heavy atom. The fraction of sp³-hybridized carbons (Fsp3) is 0.304. The first-order chi connectivity index (χ1) is 16.0. The first-order valence-corrected chi connectivity index (χ1v) is 10.9. The van der Waals surface area contributed by atoms with Crippen LogP contribution in [0, 0.1) is 0 Å². The van der Waals surface area contributed by atoms with Crippen molar-refractivity contribution in [2.45, 2.75) is 13.5 Å². The van der Waals surface area contributed by atoms with E-state index in [1.54, 1.807) is 44.2 Å². The topological polar surface area (TPSA) is 66.6 Å². The van der Waals surface area contributed by atoms with Gasteiger partial charge in [-0.3, -0.25) is 4.99 Å². The Morgan fingerprint density at radius 3 is 2.39 bits per heavy atom. The van der Waals surface area contributed by atoms with Gasteiger partial charge in [-0.2, -0.15) is 13.9 Å². The van der Waals surface area contributed by atoms with Gasteiger partial charge in [0, 0.05) is 29.7 Å². The minimum Gasteiger partial charge on any atom is -0.497 e. The van der Waals surface area contributed by atoms with Crippen LogP contribution in [0.5, 0.6) is 17.2 Å². The van der Waals surface area contributed by atoms with E-state index < -0.39 is 6.61 Å². The van der Waals surface area contributed by atoms with Crippen LogP contribution in [0.15, 0.2) is 57.9 Å². The molecule has 0 saturated carbocycles. The normalized spacial score (nSPS) is 12.3. The summed E-state index contributed by atoms with van der Waals surface area (Å²) in [5.74, 6) is 1.39. The molecule has 0 bridgehead atoms. The number of thiazole rings is 1. The summed E-state index contributed by atoms with van der Waals surface area (Å²) in [6.07, 6.45) is 0. The van der Waals surface area contributed by atoms with Crippen molar-refractivity contribution in [1.82, 2.24) is 4.68 Å². The van der Waals surface area contributed by atoms with Gasteiger partial charge in [0.15, 0.2) is 0 Å². The van der Waals surface area contributed by atoms with Crippen LogP contribution < -0.4 is 19.0 Å². The Hall–Kier alpha value is -3.24. The van der Waals surface area contributed by atoms with Gasteiger partial charge in [0.1, 0.15) is 17.2 Å². The van der Waals surface area contributed by atoms with Crippen molar-refractivity contribution >= 4 is 17.0 Å². The van der Waals surface area contributed by atoms with Gasteiger partial charge in [-0.05, 0) is 43.3 Å². The maximum absolute atomic E-state index is 12.5. The quantitative estimate of drug-likeness (QED) is 0.315. The summed E-state index contributed by atoms with van der Waals surface area (Å²) >= 11 is 1.42. The number of benzene rings is 2. The molecule has 3 rings (SSSR count). The van der Waals surface area contributed by atoms with E-state index in [0.29, 0.717) is 35.2 Å². The lowest BCUT2D eigenvalue weighted by atomic mass is 10.1. The van der Waals surface area contributed by atoms with Crippen molar-refractivity contribution in [3.63, 3.8) is 0 Å². The number of hydrogen-bond acceptors (Lipinski definition) is 7. The summed E-state index contributed by atoms with van der Waals surface area (Å²) in [7, 11) is 4.79. The molecular formula is C23H25F2N3O4S. The number of aromatic nitrogens is 1. The Labute approximate surface area is 194 Å². The van der Waals surface area contributed by atoms with Crippen LogP contribution >= 0.6 is 11.3 Å². The number of nitrogens with zero attached hydrogens (tertiary/aromatic N) is 3. The molecule has 0 fully saturated rings. The first kappa shape index (κ1) is 24.4. The van der Waals surface area contributed by atoms with Crippen LogP contribution in [0.2, 0.25) is 0 Å². The van der Waals surface area contributed by atoms with E-state index >= 15 is 0 Å². The molecule has 7 nitrogen and oxygen atoms in total. The molecule has 0 aliphatic rings. The molecule has 0 aliphatic heterocycles. The highest BCUT2D eigenvalue weighted by Crippen LogP contribution is 2.27. The molecule has 0 aliphatic carbocycles. The highest BCUT2D eigenvalue weighted by molar-refractivity contribution is 7.07. The number of halogens is 2. The Kier molecular flexibility index (Phi) is 8.56. The maximum Gasteiger partial charge on any atom is 0.387 e. The van der Waals surface area contributed by atoms with Gasteiger partial charge in [0.25, 0.3) is 0 Å². The second-order valence-electron chi connectivity index (χ2n) is 6.74. The molecule has 1 aromatic heterocycles. The summed E-state index contributed by atoms with van der Waals surface area (Å²) in [6, 6.07) is 11.9. The predicted molar refractivity (Wildman–Crippen MR) is 124 cm³/mol. The third-order valence-electron chi connectivity index (χ3n) is 4.65. The highest BCUT2D eigenvalue weighted by Gasteiger charge is 2.13. The van der Waals surface area contributed by atoms with E-state index in [1.165, 1.54) is 23.5 Å². The minimum absolute atomic E-state index is 0.0863. The molecule has 0 unspecified atom stereocenters. The summed E-state index contributed by atoms with van der Waals surface area (Å²) < 4.78 is 47.0. The number of ether oxygens (including phenoxy) is 4. The van der Waals surface area contributed by atoms with Crippen molar-refractivity contribution in [2.75, 3.05) is 34.5 Å². The van der Waals surface area contributed by atoms with Gasteiger partial charge < -0.3 is 18.9 Å². The van der Waals surface area contributed by atoms with Crippen LogP contribution in [0.25, 0.3) is 11.3 Å². The number of rotatable bonds is 10. The van der Waals surface area contributed by atoms with Gasteiger partial charge >= 0.3 is 6.61 Å². The first-order valence-electron chi connectivity index (χ1n) is 10.00. The lowest BCUT2D eigenvalue weighted by Gasteiger charge is -2.11. The molecule has 3 aromatic rings. The molecule has 0 atom stereocenters. The fourth-order valence-electron chi connectivity index (χ4n) is 3.04. The van der Waals surface area contributed by atoms with Crippen molar-refractivity contribution in [1.29, 1.82) is 0 Å². The van der Waals surface area contributed by atoms with E-state index in [4.69, 9.17) is 19.3 Å². The second kappa shape index (κ2) is 11.6. The van der Waals surface area contributed by atoms with Crippen LogP contribution in [0.3, 0.4) is 0 Å². The van der Waals surface area contributed by atoms with Crippen LogP contribution in [0.1, 0.15) is 12.5 Å². The molecule has 0 spiro atoms. The van der Waals surface area contributed by atoms with Crippen molar-refractivity contribution in [3.8, 4) is 28.5 Å². The maximum atomic E-state index is 12.5. The average molecular weight is 478 g/mol. The number of alkyl halides is 2. The molecule has 0 saturated heterocycles. The zero-order valence-electron chi connectivity index (χ0n) is 18.7. The molecule has 0 radical (unpaired) electrons. The SMILES string of the molecule is COCCN=c1scc(-c2ccc(OC(F)F)cc2)n1N=C(C)c1ccc(OC)cc1OC. The molecule has 176 valence electrons. The Morgan fingerprint density at radius 1 is 1.03 bits per heavy atom. The van der Waals surface area contributed by atoms with E-state index in [2.05, 4.69) is 9.73 Å². The number of methoxy groups -OCH3 is 3. The van der Waals surface area contributed by atoms with Gasteiger partial charge in [-0.15, -0.1) is 11.3 Å².